The molecule has 0 bridgehead atoms. The SMILES string of the molecule is CCC/N=C\C1=C(N)NC(=O)[C@H](NC)C1. The summed E-state index contributed by atoms with van der Waals surface area (Å²) in [7, 11) is 1.76. The van der Waals surface area contributed by atoms with Crippen LogP contribution in [0.1, 0.15) is 19.8 Å². The number of hydrogen-bond acceptors (Lipinski definition) is 4. The largest absolute Gasteiger partial charge is 0.385 e. The van der Waals surface area contributed by atoms with Gasteiger partial charge in [0.05, 0.1) is 6.04 Å². The standard InChI is InChI=1S/C10H18N4O/c1-3-4-13-6-7-5-8(12-2)10(15)14-9(7)11/h6,8,12H,3-5,11H2,1-2H3,(H,14,15)/b13-6-/t8-/m1/s1. The van der Waals surface area contributed by atoms with Gasteiger partial charge in [-0.05, 0) is 13.5 Å². The van der Waals surface area contributed by atoms with Crippen molar-refractivity contribution in [2.75, 3.05) is 13.6 Å². The fourth-order valence-electron chi connectivity index (χ4n) is 1.38. The van der Waals surface area contributed by atoms with Crippen molar-refractivity contribution in [3.63, 3.8) is 0 Å². The fraction of sp³-hybridized carbons (Fsp3) is 0.600. The normalized spacial score (nSPS) is 22.3. The van der Waals surface area contributed by atoms with Crippen LogP contribution in [0.25, 0.3) is 0 Å². The molecule has 0 aromatic heterocycles. The summed E-state index contributed by atoms with van der Waals surface area (Å²) in [5, 5.41) is 5.55. The Morgan fingerprint density at radius 3 is 3.07 bits per heavy atom. The number of hydrogen-bond donors (Lipinski definition) is 3. The van der Waals surface area contributed by atoms with Gasteiger partial charge in [0.25, 0.3) is 0 Å². The summed E-state index contributed by atoms with van der Waals surface area (Å²) in [6.45, 7) is 2.85. The maximum Gasteiger partial charge on any atom is 0.242 e. The molecule has 0 saturated carbocycles. The van der Waals surface area contributed by atoms with E-state index in [4.69, 9.17) is 5.73 Å². The molecule has 5 nitrogen and oxygen atoms in total. The van der Waals surface area contributed by atoms with Crippen LogP contribution in [-0.4, -0.2) is 31.8 Å². The van der Waals surface area contributed by atoms with Gasteiger partial charge < -0.3 is 16.4 Å². The lowest BCUT2D eigenvalue weighted by atomic mass is 10.0. The third-order valence-electron chi connectivity index (χ3n) is 2.29. The summed E-state index contributed by atoms with van der Waals surface area (Å²) in [6, 6.07) is -0.208. The van der Waals surface area contributed by atoms with Gasteiger partial charge in [0.15, 0.2) is 0 Å². The second-order valence-corrected chi connectivity index (χ2v) is 3.51. The molecule has 5 heteroatoms. The average Bonchev–Trinajstić information content (AvgIpc) is 2.21. The lowest BCUT2D eigenvalue weighted by molar-refractivity contribution is -0.122. The van der Waals surface area contributed by atoms with Gasteiger partial charge >= 0.3 is 0 Å². The van der Waals surface area contributed by atoms with E-state index in [0.29, 0.717) is 12.2 Å². The molecule has 15 heavy (non-hydrogen) atoms. The maximum atomic E-state index is 11.4. The smallest absolute Gasteiger partial charge is 0.242 e. The minimum Gasteiger partial charge on any atom is -0.385 e. The van der Waals surface area contributed by atoms with Crippen molar-refractivity contribution < 1.29 is 4.79 Å². The van der Waals surface area contributed by atoms with E-state index in [1.165, 1.54) is 0 Å². The Bertz CT molecular complexity index is 296. The molecule has 0 saturated heterocycles. The van der Waals surface area contributed by atoms with Crippen LogP contribution in [0.3, 0.4) is 0 Å². The zero-order valence-corrected chi connectivity index (χ0v) is 9.21. The van der Waals surface area contributed by atoms with Crippen LogP contribution < -0.4 is 16.4 Å². The minimum atomic E-state index is -0.208. The molecule has 0 aromatic rings. The lowest BCUT2D eigenvalue weighted by Crippen LogP contribution is -2.48. The Morgan fingerprint density at radius 2 is 2.47 bits per heavy atom. The van der Waals surface area contributed by atoms with Crippen LogP contribution in [0, 0.1) is 0 Å². The lowest BCUT2D eigenvalue weighted by Gasteiger charge is -2.23. The summed E-state index contributed by atoms with van der Waals surface area (Å²) in [5.74, 6) is 0.342. The third kappa shape index (κ3) is 3.06. The number of aliphatic imine (C=N–C) groups is 1. The molecule has 0 aliphatic carbocycles. The number of nitrogens with two attached hydrogens (primary N) is 1. The van der Waals surface area contributed by atoms with Crippen LogP contribution in [0.4, 0.5) is 0 Å². The molecule has 4 N–H and O–H groups in total. The van der Waals surface area contributed by atoms with E-state index >= 15 is 0 Å². The minimum absolute atomic E-state index is 0.0809. The van der Waals surface area contributed by atoms with Crippen LogP contribution in [0.15, 0.2) is 16.4 Å². The second kappa shape index (κ2) is 5.50. The first-order valence-corrected chi connectivity index (χ1v) is 5.15. The Kier molecular flexibility index (Phi) is 4.30. The summed E-state index contributed by atoms with van der Waals surface area (Å²) < 4.78 is 0. The van der Waals surface area contributed by atoms with Gasteiger partial charge in [-0.3, -0.25) is 9.79 Å². The van der Waals surface area contributed by atoms with Crippen molar-refractivity contribution in [3.05, 3.63) is 11.4 Å². The number of amides is 1. The van der Waals surface area contributed by atoms with E-state index in [1.807, 2.05) is 0 Å². The zero-order chi connectivity index (χ0) is 11.3. The van der Waals surface area contributed by atoms with Gasteiger partial charge in [0.1, 0.15) is 5.82 Å². The first-order chi connectivity index (χ1) is 7.19. The first-order valence-electron chi connectivity index (χ1n) is 5.15. The molecule has 1 amide bonds. The Balaban J connectivity index is 2.70. The molecular weight excluding hydrogens is 192 g/mol. The average molecular weight is 210 g/mol. The van der Waals surface area contributed by atoms with E-state index in [2.05, 4.69) is 22.5 Å². The molecule has 1 atom stereocenters. The van der Waals surface area contributed by atoms with E-state index < -0.39 is 0 Å². The van der Waals surface area contributed by atoms with Crippen molar-refractivity contribution >= 4 is 12.1 Å². The Morgan fingerprint density at radius 1 is 1.73 bits per heavy atom. The molecule has 0 fully saturated rings. The molecule has 0 aromatic carbocycles. The molecule has 1 heterocycles. The predicted octanol–water partition coefficient (Wildman–Crippen LogP) is -0.255. The molecule has 0 unspecified atom stereocenters. The number of nitrogens with one attached hydrogen (secondary N) is 2. The van der Waals surface area contributed by atoms with Crippen molar-refractivity contribution in [2.45, 2.75) is 25.8 Å². The first kappa shape index (κ1) is 11.7. The quantitative estimate of drug-likeness (QED) is 0.560. The molecule has 1 rings (SSSR count). The van der Waals surface area contributed by atoms with E-state index in [-0.39, 0.29) is 11.9 Å². The van der Waals surface area contributed by atoms with Gasteiger partial charge in [-0.2, -0.15) is 0 Å². The Hall–Kier alpha value is -1.36. The maximum absolute atomic E-state index is 11.4. The highest BCUT2D eigenvalue weighted by Gasteiger charge is 2.24. The van der Waals surface area contributed by atoms with Gasteiger partial charge in [-0.25, -0.2) is 0 Å². The van der Waals surface area contributed by atoms with Crippen LogP contribution >= 0.6 is 0 Å². The highest BCUT2D eigenvalue weighted by molar-refractivity contribution is 5.90. The van der Waals surface area contributed by atoms with Crippen LogP contribution in [0.2, 0.25) is 0 Å². The number of carbonyl (C=O) groups is 1. The number of nitrogens with zero attached hydrogens (tertiary/aromatic N) is 1. The summed E-state index contributed by atoms with van der Waals surface area (Å²) >= 11 is 0. The Labute approximate surface area is 89.8 Å². The number of likely N-dealkylation sites (N-methyl/N-ethyl adjacent to an activating group) is 1. The van der Waals surface area contributed by atoms with Crippen molar-refractivity contribution in [1.82, 2.24) is 10.6 Å². The van der Waals surface area contributed by atoms with E-state index in [1.54, 1.807) is 13.3 Å². The van der Waals surface area contributed by atoms with Crippen LogP contribution in [0.5, 0.6) is 0 Å². The third-order valence-corrected chi connectivity index (χ3v) is 2.29. The molecule has 84 valence electrons. The van der Waals surface area contributed by atoms with Gasteiger partial charge in [0.2, 0.25) is 5.91 Å². The van der Waals surface area contributed by atoms with E-state index in [0.717, 1.165) is 18.5 Å². The fourth-order valence-corrected chi connectivity index (χ4v) is 1.38. The van der Waals surface area contributed by atoms with E-state index in [9.17, 15) is 4.79 Å². The molecule has 0 radical (unpaired) electrons. The highest BCUT2D eigenvalue weighted by Crippen LogP contribution is 2.10. The number of rotatable bonds is 4. The predicted molar refractivity (Wildman–Crippen MR) is 60.5 cm³/mol. The monoisotopic (exact) mass is 210 g/mol. The van der Waals surface area contributed by atoms with Gasteiger partial charge in [-0.1, -0.05) is 6.92 Å². The summed E-state index contributed by atoms with van der Waals surface area (Å²) in [6.07, 6.45) is 3.36. The molecular formula is C10H18N4O. The van der Waals surface area contributed by atoms with Crippen molar-refractivity contribution in [2.24, 2.45) is 10.7 Å². The highest BCUT2D eigenvalue weighted by atomic mass is 16.2. The second-order valence-electron chi connectivity index (χ2n) is 3.51. The van der Waals surface area contributed by atoms with Crippen molar-refractivity contribution in [3.8, 4) is 0 Å². The summed E-state index contributed by atoms with van der Waals surface area (Å²) in [4.78, 5) is 15.6. The molecule has 1 aliphatic heterocycles. The number of carbonyl (C=O) groups excluding carboxylic acids is 1. The zero-order valence-electron chi connectivity index (χ0n) is 9.21. The van der Waals surface area contributed by atoms with Crippen LogP contribution in [-0.2, 0) is 4.79 Å². The van der Waals surface area contributed by atoms with Gasteiger partial charge in [-0.15, -0.1) is 0 Å². The summed E-state index contributed by atoms with van der Waals surface area (Å²) in [5.41, 5.74) is 6.59. The van der Waals surface area contributed by atoms with Crippen molar-refractivity contribution in [1.29, 1.82) is 0 Å². The van der Waals surface area contributed by atoms with Gasteiger partial charge in [0, 0.05) is 24.8 Å². The molecule has 0 spiro atoms. The topological polar surface area (TPSA) is 79.5 Å². The molecule has 1 aliphatic rings.